The number of nitrogens with two attached hydrogens (primary N) is 1. The molecule has 17 heavy (non-hydrogen) atoms. The van der Waals surface area contributed by atoms with Gasteiger partial charge in [-0.15, -0.1) is 0 Å². The molecule has 0 bridgehead atoms. The minimum Gasteiger partial charge on any atom is -0.271 e. The molecule has 2 rings (SSSR count). The van der Waals surface area contributed by atoms with Crippen molar-refractivity contribution in [1.82, 2.24) is 5.43 Å². The van der Waals surface area contributed by atoms with Gasteiger partial charge in [-0.3, -0.25) is 5.84 Å². The quantitative estimate of drug-likeness (QED) is 0.621. The maximum Gasteiger partial charge on any atom is 0.0710 e. The minimum absolute atomic E-state index is 0.0575. The summed E-state index contributed by atoms with van der Waals surface area (Å²) in [6, 6.07) is 18.9. The van der Waals surface area contributed by atoms with E-state index in [1.165, 1.54) is 16.7 Å². The van der Waals surface area contributed by atoms with Crippen LogP contribution in [0, 0.1) is 0 Å². The van der Waals surface area contributed by atoms with Crippen LogP contribution in [0.5, 0.6) is 0 Å². The summed E-state index contributed by atoms with van der Waals surface area (Å²) < 4.78 is 0. The van der Waals surface area contributed by atoms with Crippen LogP contribution in [0.4, 0.5) is 0 Å². The average Bonchev–Trinajstić information content (AvgIpc) is 2.42. The fraction of sp³-hybridized carbons (Fsp3) is 0.200. The third-order valence-electron chi connectivity index (χ3n) is 3.02. The van der Waals surface area contributed by atoms with Crippen LogP contribution in [0.3, 0.4) is 0 Å². The van der Waals surface area contributed by atoms with Crippen molar-refractivity contribution >= 4 is 0 Å². The average molecular weight is 226 g/mol. The Morgan fingerprint density at radius 3 is 2.06 bits per heavy atom. The Hall–Kier alpha value is -1.64. The normalized spacial score (nSPS) is 12.4. The molecule has 0 spiro atoms. The van der Waals surface area contributed by atoms with Gasteiger partial charge in [-0.25, -0.2) is 5.43 Å². The monoisotopic (exact) mass is 226 g/mol. The van der Waals surface area contributed by atoms with Gasteiger partial charge in [0.05, 0.1) is 6.04 Å². The fourth-order valence-electron chi connectivity index (χ4n) is 1.98. The summed E-state index contributed by atoms with van der Waals surface area (Å²) in [6.45, 7) is 2.16. The van der Waals surface area contributed by atoms with Crippen LogP contribution in [-0.2, 0) is 6.42 Å². The van der Waals surface area contributed by atoms with Gasteiger partial charge in [-0.1, -0.05) is 61.5 Å². The molecule has 0 aliphatic carbocycles. The first-order valence-corrected chi connectivity index (χ1v) is 5.95. The predicted octanol–water partition coefficient (Wildman–Crippen LogP) is 2.80. The number of rotatable bonds is 4. The molecular formula is C15H18N2. The number of hydrogen-bond acceptors (Lipinski definition) is 2. The molecule has 3 N–H and O–H groups in total. The zero-order chi connectivity index (χ0) is 12.1. The lowest BCUT2D eigenvalue weighted by molar-refractivity contribution is 0.637. The van der Waals surface area contributed by atoms with Crippen LogP contribution in [-0.4, -0.2) is 0 Å². The highest BCUT2D eigenvalue weighted by molar-refractivity contribution is 5.33. The summed E-state index contributed by atoms with van der Waals surface area (Å²) in [4.78, 5) is 0. The van der Waals surface area contributed by atoms with E-state index in [-0.39, 0.29) is 6.04 Å². The highest BCUT2D eigenvalue weighted by Gasteiger charge is 2.11. The van der Waals surface area contributed by atoms with Crippen molar-refractivity contribution in [2.24, 2.45) is 5.84 Å². The molecule has 2 heteroatoms. The molecular weight excluding hydrogens is 208 g/mol. The van der Waals surface area contributed by atoms with Gasteiger partial charge in [0.25, 0.3) is 0 Å². The minimum atomic E-state index is 0.0575. The summed E-state index contributed by atoms with van der Waals surface area (Å²) in [6.07, 6.45) is 1.06. The number of benzene rings is 2. The maximum atomic E-state index is 5.66. The lowest BCUT2D eigenvalue weighted by atomic mass is 9.98. The smallest absolute Gasteiger partial charge is 0.0710 e. The second-order valence-corrected chi connectivity index (χ2v) is 4.11. The molecule has 1 atom stereocenters. The molecule has 0 saturated carbocycles. The van der Waals surface area contributed by atoms with Crippen LogP contribution in [0.25, 0.3) is 0 Å². The lowest BCUT2D eigenvalue weighted by Crippen LogP contribution is -2.28. The first-order valence-electron chi connectivity index (χ1n) is 5.95. The van der Waals surface area contributed by atoms with E-state index in [1.54, 1.807) is 0 Å². The molecule has 2 aromatic carbocycles. The van der Waals surface area contributed by atoms with Crippen LogP contribution in [0.2, 0.25) is 0 Å². The van der Waals surface area contributed by atoms with E-state index in [0.717, 1.165) is 6.42 Å². The molecule has 0 unspecified atom stereocenters. The molecule has 0 aliphatic heterocycles. The van der Waals surface area contributed by atoms with Crippen molar-refractivity contribution in [3.63, 3.8) is 0 Å². The van der Waals surface area contributed by atoms with E-state index in [2.05, 4.69) is 48.7 Å². The Kier molecular flexibility index (Phi) is 3.91. The molecule has 0 heterocycles. The van der Waals surface area contributed by atoms with Gasteiger partial charge in [-0.2, -0.15) is 0 Å². The Labute approximate surface area is 102 Å². The standard InChI is InChI=1S/C15H18N2/c1-2-12-8-10-14(11-9-12)15(17-16)13-6-4-3-5-7-13/h3-11,15,17H,2,16H2,1H3/t15-/m0/s1. The van der Waals surface area contributed by atoms with Crippen molar-refractivity contribution in [3.8, 4) is 0 Å². The van der Waals surface area contributed by atoms with Gasteiger partial charge in [0.15, 0.2) is 0 Å². The van der Waals surface area contributed by atoms with E-state index in [1.807, 2.05) is 18.2 Å². The van der Waals surface area contributed by atoms with Crippen LogP contribution in [0.15, 0.2) is 54.6 Å². The van der Waals surface area contributed by atoms with Gasteiger partial charge < -0.3 is 0 Å². The lowest BCUT2D eigenvalue weighted by Gasteiger charge is -2.17. The summed E-state index contributed by atoms with van der Waals surface area (Å²) in [7, 11) is 0. The second kappa shape index (κ2) is 5.62. The van der Waals surface area contributed by atoms with E-state index >= 15 is 0 Å². The Morgan fingerprint density at radius 1 is 0.941 bits per heavy atom. The van der Waals surface area contributed by atoms with Gasteiger partial charge in [0, 0.05) is 0 Å². The van der Waals surface area contributed by atoms with E-state index in [0.29, 0.717) is 0 Å². The first kappa shape index (κ1) is 11.8. The molecule has 88 valence electrons. The van der Waals surface area contributed by atoms with Crippen molar-refractivity contribution in [2.75, 3.05) is 0 Å². The Morgan fingerprint density at radius 2 is 1.53 bits per heavy atom. The number of hydrogen-bond donors (Lipinski definition) is 2. The topological polar surface area (TPSA) is 38.0 Å². The molecule has 0 saturated heterocycles. The van der Waals surface area contributed by atoms with Crippen LogP contribution < -0.4 is 11.3 Å². The Balaban J connectivity index is 2.29. The SMILES string of the molecule is CCc1ccc([C@@H](NN)c2ccccc2)cc1. The molecule has 2 nitrogen and oxygen atoms in total. The molecule has 0 aliphatic rings. The molecule has 0 radical (unpaired) electrons. The van der Waals surface area contributed by atoms with E-state index in [9.17, 15) is 0 Å². The molecule has 2 aromatic rings. The van der Waals surface area contributed by atoms with Gasteiger partial charge in [-0.05, 0) is 23.1 Å². The third kappa shape index (κ3) is 2.73. The highest BCUT2D eigenvalue weighted by Crippen LogP contribution is 2.21. The van der Waals surface area contributed by atoms with Crippen molar-refractivity contribution in [2.45, 2.75) is 19.4 Å². The van der Waals surface area contributed by atoms with Crippen LogP contribution >= 0.6 is 0 Å². The summed E-state index contributed by atoms with van der Waals surface area (Å²) in [5.41, 5.74) is 6.59. The van der Waals surface area contributed by atoms with E-state index < -0.39 is 0 Å². The molecule has 0 aromatic heterocycles. The zero-order valence-electron chi connectivity index (χ0n) is 10.1. The zero-order valence-corrected chi connectivity index (χ0v) is 10.1. The summed E-state index contributed by atoms with van der Waals surface area (Å²) in [5, 5.41) is 0. The van der Waals surface area contributed by atoms with Crippen molar-refractivity contribution in [1.29, 1.82) is 0 Å². The van der Waals surface area contributed by atoms with Gasteiger partial charge in [0.2, 0.25) is 0 Å². The number of hydrazine groups is 1. The third-order valence-corrected chi connectivity index (χ3v) is 3.02. The molecule has 0 amide bonds. The van der Waals surface area contributed by atoms with Crippen molar-refractivity contribution in [3.05, 3.63) is 71.3 Å². The van der Waals surface area contributed by atoms with E-state index in [4.69, 9.17) is 5.84 Å². The summed E-state index contributed by atoms with van der Waals surface area (Å²) >= 11 is 0. The number of aryl methyl sites for hydroxylation is 1. The van der Waals surface area contributed by atoms with Crippen molar-refractivity contribution < 1.29 is 0 Å². The number of nitrogens with one attached hydrogen (secondary N) is 1. The molecule has 0 fully saturated rings. The highest BCUT2D eigenvalue weighted by atomic mass is 15.2. The predicted molar refractivity (Wildman–Crippen MR) is 71.4 cm³/mol. The fourth-order valence-corrected chi connectivity index (χ4v) is 1.98. The van der Waals surface area contributed by atoms with Crippen LogP contribution in [0.1, 0.15) is 29.7 Å². The van der Waals surface area contributed by atoms with Gasteiger partial charge >= 0.3 is 0 Å². The second-order valence-electron chi connectivity index (χ2n) is 4.11. The summed E-state index contributed by atoms with van der Waals surface area (Å²) in [5.74, 6) is 5.66. The maximum absolute atomic E-state index is 5.66. The van der Waals surface area contributed by atoms with Gasteiger partial charge in [0.1, 0.15) is 0 Å². The largest absolute Gasteiger partial charge is 0.271 e. The Bertz CT molecular complexity index is 448. The first-order chi connectivity index (χ1) is 8.35.